The zero-order valence-corrected chi connectivity index (χ0v) is 30.8. The largest absolute Gasteiger partial charge is 0.494 e. The molecule has 1 aliphatic rings. The quantitative estimate of drug-likeness (QED) is 0.0211. The molecule has 1 fully saturated rings. The number of hydrogen-bond donors (Lipinski definition) is 5. The predicted octanol–water partition coefficient (Wildman–Crippen LogP) is 2.13. The number of ketones is 1. The van der Waals surface area contributed by atoms with Crippen molar-refractivity contribution in [2.75, 3.05) is 77.4 Å². The van der Waals surface area contributed by atoms with Crippen molar-refractivity contribution >= 4 is 74.3 Å². The number of benzene rings is 1. The van der Waals surface area contributed by atoms with Gasteiger partial charge in [0.2, 0.25) is 0 Å². The zero-order valence-electron chi connectivity index (χ0n) is 27.8. The molecule has 0 atom stereocenters. The number of rotatable bonds is 16. The van der Waals surface area contributed by atoms with Crippen molar-refractivity contribution in [3.63, 3.8) is 0 Å². The summed E-state index contributed by atoms with van der Waals surface area (Å²) in [5, 5.41) is 18.9. The lowest BCUT2D eigenvalue weighted by Gasteiger charge is -2.34. The van der Waals surface area contributed by atoms with Crippen molar-refractivity contribution in [1.82, 2.24) is 40.7 Å². The minimum absolute atomic E-state index is 0.116. The average molecular weight is 832 g/mol. The minimum Gasteiger partial charge on any atom is -0.494 e. The zero-order chi connectivity index (χ0) is 36.2. The molecule has 3 aromatic heterocycles. The summed E-state index contributed by atoms with van der Waals surface area (Å²) >= 11 is 3.32. The van der Waals surface area contributed by atoms with Crippen molar-refractivity contribution in [2.24, 2.45) is 0 Å². The number of pyridine rings is 1. The van der Waals surface area contributed by atoms with E-state index in [-0.39, 0.29) is 42.8 Å². The van der Waals surface area contributed by atoms with Gasteiger partial charge < -0.3 is 44.9 Å². The number of guanidine groups is 1. The van der Waals surface area contributed by atoms with E-state index >= 15 is 0 Å². The Bertz CT molecular complexity index is 1840. The summed E-state index contributed by atoms with van der Waals surface area (Å²) < 4.78 is 16.7. The normalized spacial score (nSPS) is 12.8. The highest BCUT2D eigenvalue weighted by molar-refractivity contribution is 14.1. The number of amides is 3. The van der Waals surface area contributed by atoms with Gasteiger partial charge in [0, 0.05) is 63.0 Å². The number of fused-ring (bicyclic) bond motifs is 1. The topological polar surface area (TPSA) is 204 Å². The van der Waals surface area contributed by atoms with Crippen LogP contribution in [0.3, 0.4) is 0 Å². The number of aromatic nitrogens is 3. The molecule has 18 heteroatoms. The molecule has 3 amide bonds. The molecule has 5 N–H and O–H groups in total. The number of ether oxygens (including phenoxy) is 3. The second-order valence-corrected chi connectivity index (χ2v) is 12.5. The van der Waals surface area contributed by atoms with E-state index in [1.54, 1.807) is 34.5 Å². The third-order valence-electron chi connectivity index (χ3n) is 7.86. The highest BCUT2D eigenvalue weighted by atomic mass is 127. The van der Waals surface area contributed by atoms with E-state index in [9.17, 15) is 19.2 Å². The van der Waals surface area contributed by atoms with Gasteiger partial charge in [0.25, 0.3) is 23.5 Å². The third kappa shape index (κ3) is 9.57. The van der Waals surface area contributed by atoms with E-state index in [1.807, 2.05) is 6.07 Å². The molecule has 4 heterocycles. The number of thiazole rings is 1. The first kappa shape index (κ1) is 37.6. The van der Waals surface area contributed by atoms with E-state index in [4.69, 9.17) is 19.6 Å². The van der Waals surface area contributed by atoms with E-state index in [1.165, 1.54) is 35.7 Å². The summed E-state index contributed by atoms with van der Waals surface area (Å²) in [6.07, 6.45) is 2.90. The number of halogens is 1. The monoisotopic (exact) mass is 831 g/mol. The summed E-state index contributed by atoms with van der Waals surface area (Å²) in [6.45, 7) is 3.53. The van der Waals surface area contributed by atoms with Crippen LogP contribution >= 0.6 is 33.9 Å². The molecular formula is C33H38IN9O7S. The predicted molar refractivity (Wildman–Crippen MR) is 199 cm³/mol. The fraction of sp³-hybridized carbons (Fsp3) is 0.364. The van der Waals surface area contributed by atoms with Gasteiger partial charge in [-0.05, 0) is 12.1 Å². The summed E-state index contributed by atoms with van der Waals surface area (Å²) in [5.41, 5.74) is 1.69. The van der Waals surface area contributed by atoms with E-state index < -0.39 is 17.6 Å². The number of Topliss-reactive ketones (excluding diaryl/α,β-unsaturated/α-hetero) is 1. The van der Waals surface area contributed by atoms with E-state index in [2.05, 4.69) is 53.5 Å². The van der Waals surface area contributed by atoms with Crippen LogP contribution in [0.15, 0.2) is 48.1 Å². The molecule has 1 aromatic carbocycles. The molecule has 16 nitrogen and oxygen atoms in total. The molecule has 51 heavy (non-hydrogen) atoms. The Hall–Kier alpha value is -4.66. The van der Waals surface area contributed by atoms with Gasteiger partial charge in [0.1, 0.15) is 22.1 Å². The maximum absolute atomic E-state index is 13.6. The number of aromatic amines is 1. The Balaban J connectivity index is 1.16. The van der Waals surface area contributed by atoms with Crippen LogP contribution in [0.2, 0.25) is 0 Å². The molecule has 0 spiro atoms. The molecule has 0 radical (unpaired) electrons. The van der Waals surface area contributed by atoms with E-state index in [0.717, 1.165) is 0 Å². The first-order valence-corrected chi connectivity index (χ1v) is 18.5. The lowest BCUT2D eigenvalue weighted by atomic mass is 10.1. The summed E-state index contributed by atoms with van der Waals surface area (Å²) in [6, 6.07) is 8.93. The number of piperazine rings is 1. The maximum Gasteiger partial charge on any atom is 0.295 e. The van der Waals surface area contributed by atoms with Crippen molar-refractivity contribution in [1.29, 1.82) is 5.41 Å². The second-order valence-electron chi connectivity index (χ2n) is 11.1. The van der Waals surface area contributed by atoms with Gasteiger partial charge in [0.15, 0.2) is 5.96 Å². The molecule has 0 aliphatic carbocycles. The first-order chi connectivity index (χ1) is 24.8. The van der Waals surface area contributed by atoms with Crippen molar-refractivity contribution in [3.8, 4) is 16.5 Å². The van der Waals surface area contributed by atoms with Crippen LogP contribution in [0.5, 0.6) is 5.75 Å². The Kier molecular flexibility index (Phi) is 13.7. The maximum atomic E-state index is 13.6. The van der Waals surface area contributed by atoms with Crippen LogP contribution in [0, 0.1) is 5.41 Å². The van der Waals surface area contributed by atoms with Crippen LogP contribution in [-0.2, 0) is 14.3 Å². The lowest BCUT2D eigenvalue weighted by Crippen LogP contribution is -2.52. The average Bonchev–Trinajstić information content (AvgIpc) is 3.84. The summed E-state index contributed by atoms with van der Waals surface area (Å²) in [7, 11) is 1.44. The van der Waals surface area contributed by atoms with Gasteiger partial charge in [-0.2, -0.15) is 0 Å². The molecule has 0 bridgehead atoms. The van der Waals surface area contributed by atoms with Crippen LogP contribution in [-0.4, -0.2) is 132 Å². The highest BCUT2D eigenvalue weighted by Crippen LogP contribution is 2.36. The Morgan fingerprint density at radius 2 is 1.67 bits per heavy atom. The number of hydrogen-bond acceptors (Lipinski definition) is 11. The smallest absolute Gasteiger partial charge is 0.295 e. The van der Waals surface area contributed by atoms with Crippen molar-refractivity contribution in [3.05, 3.63) is 64.9 Å². The van der Waals surface area contributed by atoms with Crippen LogP contribution in [0.4, 0.5) is 0 Å². The molecule has 1 saturated heterocycles. The molecule has 5 rings (SSSR count). The van der Waals surface area contributed by atoms with Gasteiger partial charge in [-0.25, -0.2) is 9.97 Å². The van der Waals surface area contributed by atoms with Gasteiger partial charge in [-0.1, -0.05) is 40.8 Å². The molecular weight excluding hydrogens is 793 g/mol. The summed E-state index contributed by atoms with van der Waals surface area (Å²) in [5.74, 6) is -1.51. The number of nitrogens with one attached hydrogen (secondary N) is 5. The van der Waals surface area contributed by atoms with Crippen LogP contribution in [0.1, 0.15) is 31.2 Å². The minimum atomic E-state index is -0.721. The van der Waals surface area contributed by atoms with Crippen molar-refractivity contribution in [2.45, 2.75) is 0 Å². The van der Waals surface area contributed by atoms with Crippen LogP contribution in [0.25, 0.3) is 21.6 Å². The number of carbonyl (C=O) groups is 4. The van der Waals surface area contributed by atoms with Gasteiger partial charge in [0.05, 0.1) is 54.2 Å². The van der Waals surface area contributed by atoms with Crippen LogP contribution < -0.4 is 20.7 Å². The van der Waals surface area contributed by atoms with Gasteiger partial charge in [-0.15, -0.1) is 11.3 Å². The van der Waals surface area contributed by atoms with Gasteiger partial charge in [-0.3, -0.25) is 24.6 Å². The molecule has 0 saturated carbocycles. The number of carbonyl (C=O) groups excluding carboxylic acids is 4. The molecule has 270 valence electrons. The highest BCUT2D eigenvalue weighted by Gasteiger charge is 2.31. The second kappa shape index (κ2) is 18.5. The first-order valence-electron chi connectivity index (χ1n) is 16.1. The molecule has 1 aliphatic heterocycles. The molecule has 4 aromatic rings. The van der Waals surface area contributed by atoms with E-state index in [0.29, 0.717) is 83.5 Å². The van der Waals surface area contributed by atoms with Crippen molar-refractivity contribution < 1.29 is 33.4 Å². The third-order valence-corrected chi connectivity index (χ3v) is 9.15. The number of methoxy groups -OCH3 is 1. The SMILES string of the molecule is COc1cnc(-c2nc(C(=O)NCCNC(=N)NCCOCCOCI)cs2)c2[nH]cc(C(=O)C(=O)N3CCN(C(=O)c4ccccc4)CC3)c12. The number of H-pyrrole nitrogens is 1. The summed E-state index contributed by atoms with van der Waals surface area (Å²) in [4.78, 5) is 67.8. The fourth-order valence-electron chi connectivity index (χ4n) is 5.28. The number of nitrogens with zero attached hydrogens (tertiary/aromatic N) is 4. The Morgan fingerprint density at radius 3 is 2.41 bits per heavy atom. The Labute approximate surface area is 311 Å². The molecule has 0 unspecified atom stereocenters. The number of alkyl halides is 1. The Morgan fingerprint density at radius 1 is 0.961 bits per heavy atom. The lowest BCUT2D eigenvalue weighted by molar-refractivity contribution is -0.127. The standard InChI is InChI=1S/C33H38IN9O7S/c1-48-24-18-40-27(30-41-23(19-51-30)29(45)36-7-8-37-33(35)38-9-14-49-15-16-50-20-34)26-25(24)22(17-39-26)28(44)32(47)43-12-10-42(11-13-43)31(46)21-5-3-2-4-6-21/h2-6,17-19,39H,7-16,20H2,1H3,(H,36,45)(H3,35,37,38). The van der Waals surface area contributed by atoms with Gasteiger partial charge >= 0.3 is 0 Å². The fourth-order valence-corrected chi connectivity index (χ4v) is 6.39.